The van der Waals surface area contributed by atoms with Crippen LogP contribution in [0.2, 0.25) is 0 Å². The average molecular weight is 217 g/mol. The molecule has 5 heteroatoms. The molecule has 0 fully saturated rings. The third kappa shape index (κ3) is 5.59. The Morgan fingerprint density at radius 3 is 2.53 bits per heavy atom. The predicted molar refractivity (Wildman–Crippen MR) is 61.1 cm³/mol. The summed E-state index contributed by atoms with van der Waals surface area (Å²) in [7, 11) is 0. The molecule has 5 nitrogen and oxygen atoms in total. The van der Waals surface area contributed by atoms with Gasteiger partial charge in [-0.05, 0) is 19.4 Å². The molecule has 0 spiro atoms. The second-order valence-corrected chi connectivity index (χ2v) is 3.56. The number of nitrogens with zero attached hydrogens (tertiary/aromatic N) is 2. The van der Waals surface area contributed by atoms with Crippen molar-refractivity contribution in [2.75, 3.05) is 19.7 Å². The molecule has 90 valence electrons. The number of hydrogen-bond donors (Lipinski definition) is 3. The second kappa shape index (κ2) is 8.49. The number of rotatable bonds is 8. The third-order valence-corrected chi connectivity index (χ3v) is 2.57. The Hall–Kier alpha value is -0.810. The van der Waals surface area contributed by atoms with E-state index in [0.717, 1.165) is 25.9 Å². The zero-order valence-corrected chi connectivity index (χ0v) is 9.69. The van der Waals surface area contributed by atoms with E-state index in [-0.39, 0.29) is 18.5 Å². The highest BCUT2D eigenvalue weighted by molar-refractivity contribution is 5.80. The molecule has 0 bridgehead atoms. The highest BCUT2D eigenvalue weighted by Gasteiger charge is 2.16. The molecule has 0 radical (unpaired) electrons. The molecule has 0 rings (SSSR count). The van der Waals surface area contributed by atoms with Crippen molar-refractivity contribution in [2.45, 2.75) is 39.2 Å². The first kappa shape index (κ1) is 14.2. The van der Waals surface area contributed by atoms with Gasteiger partial charge in [0.25, 0.3) is 0 Å². The Balaban J connectivity index is 4.20. The topological polar surface area (TPSA) is 82.1 Å². The van der Waals surface area contributed by atoms with Crippen molar-refractivity contribution in [3.63, 3.8) is 0 Å². The number of oxime groups is 1. The molecule has 0 aromatic heterocycles. The van der Waals surface area contributed by atoms with Gasteiger partial charge in [0, 0.05) is 25.6 Å². The lowest BCUT2D eigenvalue weighted by atomic mass is 10.1. The zero-order valence-electron chi connectivity index (χ0n) is 9.69. The van der Waals surface area contributed by atoms with E-state index in [0.29, 0.717) is 6.42 Å². The number of aliphatic hydroxyl groups is 1. The van der Waals surface area contributed by atoms with Crippen molar-refractivity contribution < 1.29 is 10.3 Å². The maximum atomic E-state index is 8.78. The molecule has 15 heavy (non-hydrogen) atoms. The zero-order chi connectivity index (χ0) is 11.7. The first-order valence-corrected chi connectivity index (χ1v) is 5.50. The molecular formula is C10H23N3O2. The number of hydrogen-bond acceptors (Lipinski definition) is 4. The Kier molecular flexibility index (Phi) is 8.04. The number of aliphatic hydroxyl groups excluding tert-OH is 1. The Bertz CT molecular complexity index is 186. The van der Waals surface area contributed by atoms with Gasteiger partial charge in [0.15, 0.2) is 0 Å². The average Bonchev–Trinajstić information content (AvgIpc) is 2.27. The summed E-state index contributed by atoms with van der Waals surface area (Å²) in [5, 5.41) is 20.3. The molecule has 0 aromatic rings. The van der Waals surface area contributed by atoms with Gasteiger partial charge in [0.05, 0.1) is 0 Å². The van der Waals surface area contributed by atoms with Crippen molar-refractivity contribution in [3.05, 3.63) is 0 Å². The molecule has 0 aromatic carbocycles. The van der Waals surface area contributed by atoms with Crippen molar-refractivity contribution in [3.8, 4) is 0 Å². The van der Waals surface area contributed by atoms with E-state index in [9.17, 15) is 0 Å². The van der Waals surface area contributed by atoms with Crippen LogP contribution >= 0.6 is 0 Å². The molecule has 1 unspecified atom stereocenters. The maximum Gasteiger partial charge on any atom is 0.140 e. The summed E-state index contributed by atoms with van der Waals surface area (Å²) in [5.74, 6) is 0.268. The van der Waals surface area contributed by atoms with Crippen LogP contribution in [0.5, 0.6) is 0 Å². The van der Waals surface area contributed by atoms with Gasteiger partial charge in [-0.15, -0.1) is 0 Å². The van der Waals surface area contributed by atoms with Crippen molar-refractivity contribution in [1.29, 1.82) is 0 Å². The Morgan fingerprint density at radius 2 is 2.13 bits per heavy atom. The quantitative estimate of drug-likeness (QED) is 0.241. The predicted octanol–water partition coefficient (Wildman–Crippen LogP) is 0.606. The molecule has 0 saturated carbocycles. The lowest BCUT2D eigenvalue weighted by molar-refractivity contribution is 0.179. The van der Waals surface area contributed by atoms with Gasteiger partial charge in [0.2, 0.25) is 0 Å². The van der Waals surface area contributed by atoms with Crippen LogP contribution in [0, 0.1) is 0 Å². The van der Waals surface area contributed by atoms with Crippen LogP contribution in [0.4, 0.5) is 0 Å². The molecular weight excluding hydrogens is 194 g/mol. The first-order valence-electron chi connectivity index (χ1n) is 5.50. The van der Waals surface area contributed by atoms with E-state index in [2.05, 4.69) is 23.9 Å². The summed E-state index contributed by atoms with van der Waals surface area (Å²) in [6.45, 7) is 6.13. The van der Waals surface area contributed by atoms with Crippen LogP contribution < -0.4 is 5.73 Å². The van der Waals surface area contributed by atoms with E-state index in [1.54, 1.807) is 0 Å². The van der Waals surface area contributed by atoms with E-state index in [4.69, 9.17) is 16.0 Å². The fourth-order valence-corrected chi connectivity index (χ4v) is 1.69. The minimum absolute atomic E-state index is 0.205. The number of nitrogens with two attached hydrogens (primary N) is 1. The first-order chi connectivity index (χ1) is 7.19. The van der Waals surface area contributed by atoms with Gasteiger partial charge in [-0.2, -0.15) is 0 Å². The van der Waals surface area contributed by atoms with Crippen LogP contribution in [0.25, 0.3) is 0 Å². The van der Waals surface area contributed by atoms with Gasteiger partial charge in [0.1, 0.15) is 5.84 Å². The molecule has 0 saturated heterocycles. The summed E-state index contributed by atoms with van der Waals surface area (Å²) in [6.07, 6.45) is 2.29. The Labute approximate surface area is 91.6 Å². The molecule has 0 heterocycles. The molecule has 0 amide bonds. The standard InChI is InChI=1S/C10H23N3O2/c1-3-9(8-10(11)12-15)13(4-2)6-5-7-14/h9,14-15H,3-8H2,1-2H3,(H2,11,12). The van der Waals surface area contributed by atoms with Crippen LogP contribution in [0.1, 0.15) is 33.1 Å². The monoisotopic (exact) mass is 217 g/mol. The Morgan fingerprint density at radius 1 is 1.47 bits per heavy atom. The van der Waals surface area contributed by atoms with Gasteiger partial charge < -0.3 is 20.9 Å². The van der Waals surface area contributed by atoms with Crippen molar-refractivity contribution >= 4 is 5.84 Å². The van der Waals surface area contributed by atoms with E-state index in [1.165, 1.54) is 0 Å². The van der Waals surface area contributed by atoms with Crippen molar-refractivity contribution in [1.82, 2.24) is 4.90 Å². The van der Waals surface area contributed by atoms with E-state index < -0.39 is 0 Å². The van der Waals surface area contributed by atoms with E-state index >= 15 is 0 Å². The smallest absolute Gasteiger partial charge is 0.140 e. The molecule has 1 atom stereocenters. The lowest BCUT2D eigenvalue weighted by Crippen LogP contribution is -2.38. The fourth-order valence-electron chi connectivity index (χ4n) is 1.69. The van der Waals surface area contributed by atoms with E-state index in [1.807, 2.05) is 0 Å². The summed E-state index contributed by atoms with van der Waals surface area (Å²) in [6, 6.07) is 0.289. The summed E-state index contributed by atoms with van der Waals surface area (Å²) in [4.78, 5) is 2.24. The van der Waals surface area contributed by atoms with Gasteiger partial charge in [-0.1, -0.05) is 19.0 Å². The normalized spacial score (nSPS) is 14.5. The highest BCUT2D eigenvalue weighted by Crippen LogP contribution is 2.09. The fraction of sp³-hybridized carbons (Fsp3) is 0.900. The van der Waals surface area contributed by atoms with Gasteiger partial charge in [-0.25, -0.2) is 0 Å². The third-order valence-electron chi connectivity index (χ3n) is 2.57. The van der Waals surface area contributed by atoms with Crippen LogP contribution in [-0.4, -0.2) is 46.8 Å². The van der Waals surface area contributed by atoms with Gasteiger partial charge in [-0.3, -0.25) is 0 Å². The second-order valence-electron chi connectivity index (χ2n) is 3.56. The summed E-state index contributed by atoms with van der Waals surface area (Å²) >= 11 is 0. The maximum absolute atomic E-state index is 8.78. The molecule has 0 aliphatic heterocycles. The van der Waals surface area contributed by atoms with Crippen molar-refractivity contribution in [2.24, 2.45) is 10.9 Å². The molecule has 0 aliphatic rings. The SMILES string of the molecule is CCC(CC(N)=NO)N(CC)CCCO. The van der Waals surface area contributed by atoms with Gasteiger partial charge >= 0.3 is 0 Å². The number of amidine groups is 1. The lowest BCUT2D eigenvalue weighted by Gasteiger charge is -2.29. The minimum atomic E-state index is 0.205. The summed E-state index contributed by atoms with van der Waals surface area (Å²) < 4.78 is 0. The largest absolute Gasteiger partial charge is 0.409 e. The minimum Gasteiger partial charge on any atom is -0.409 e. The van der Waals surface area contributed by atoms with Crippen LogP contribution in [0.15, 0.2) is 5.16 Å². The molecule has 4 N–H and O–H groups in total. The molecule has 0 aliphatic carbocycles. The van der Waals surface area contributed by atoms with Crippen LogP contribution in [0.3, 0.4) is 0 Å². The highest BCUT2D eigenvalue weighted by atomic mass is 16.4. The summed E-state index contributed by atoms with van der Waals surface area (Å²) in [5.41, 5.74) is 5.49. The van der Waals surface area contributed by atoms with Crippen LogP contribution in [-0.2, 0) is 0 Å².